The van der Waals surface area contributed by atoms with Gasteiger partial charge in [0.2, 0.25) is 0 Å². The van der Waals surface area contributed by atoms with Gasteiger partial charge >= 0.3 is 0 Å². The van der Waals surface area contributed by atoms with E-state index in [1.807, 2.05) is 63.7 Å². The van der Waals surface area contributed by atoms with Gasteiger partial charge in [0.05, 0.1) is 0 Å². The first kappa shape index (κ1) is 23.0. The highest BCUT2D eigenvalue weighted by Gasteiger charge is 2.37. The summed E-state index contributed by atoms with van der Waals surface area (Å²) in [6.45, 7) is 1.66. The average Bonchev–Trinajstić information content (AvgIpc) is 3.24. The standard InChI is InChI=1S/C30H28N4O3/c1-32-18-22(24-10-5-6-11-27(24)32)15-25(31-29(36)21-8-3-2-4-9-21)30(37)33-16-20-14-23(19-33)26-12-7-13-28(35)34(26)17-20/h2-13,15,18,20,23H,14,16-17,19H2,1H3,(H,31,36)/b25-15-/t20-,23?/m1/s1. The molecule has 0 saturated carbocycles. The third-order valence-electron chi connectivity index (χ3n) is 7.51. The Morgan fingerprint density at radius 3 is 2.54 bits per heavy atom. The maximum atomic E-state index is 14.0. The summed E-state index contributed by atoms with van der Waals surface area (Å²) in [5, 5.41) is 3.92. The summed E-state index contributed by atoms with van der Waals surface area (Å²) in [5.41, 5.74) is 3.64. The molecule has 2 aliphatic heterocycles. The lowest BCUT2D eigenvalue weighted by molar-refractivity contribution is -0.130. The van der Waals surface area contributed by atoms with Crippen LogP contribution in [0, 0.1) is 5.92 Å². The summed E-state index contributed by atoms with van der Waals surface area (Å²) in [6, 6.07) is 22.3. The molecule has 2 bridgehead atoms. The number of hydrogen-bond donors (Lipinski definition) is 1. The average molecular weight is 493 g/mol. The van der Waals surface area contributed by atoms with E-state index in [-0.39, 0.29) is 34.9 Å². The molecule has 2 atom stereocenters. The summed E-state index contributed by atoms with van der Waals surface area (Å²) < 4.78 is 3.87. The lowest BCUT2D eigenvalue weighted by Gasteiger charge is -2.43. The lowest BCUT2D eigenvalue weighted by atomic mass is 9.83. The molecule has 37 heavy (non-hydrogen) atoms. The number of aromatic nitrogens is 2. The van der Waals surface area contributed by atoms with Crippen LogP contribution in [0.4, 0.5) is 0 Å². The first-order valence-corrected chi connectivity index (χ1v) is 12.6. The number of nitrogens with zero attached hydrogens (tertiary/aromatic N) is 3. The number of para-hydroxylation sites is 1. The van der Waals surface area contributed by atoms with E-state index < -0.39 is 0 Å². The SMILES string of the molecule is Cn1cc(/C=C(\NC(=O)c2ccccc2)C(=O)N2CC3C[C@H](C2)Cn2c3cccc2=O)c2ccccc21. The van der Waals surface area contributed by atoms with Crippen LogP contribution in [0.1, 0.15) is 34.0 Å². The van der Waals surface area contributed by atoms with Crippen molar-refractivity contribution in [3.8, 4) is 0 Å². The van der Waals surface area contributed by atoms with Crippen LogP contribution in [0.15, 0.2) is 89.5 Å². The minimum atomic E-state index is -0.325. The number of fused-ring (bicyclic) bond motifs is 5. The maximum Gasteiger partial charge on any atom is 0.270 e. The molecule has 1 fully saturated rings. The summed E-state index contributed by atoms with van der Waals surface area (Å²) in [6.07, 6.45) is 4.71. The van der Waals surface area contributed by atoms with Gasteiger partial charge < -0.3 is 19.4 Å². The van der Waals surface area contributed by atoms with E-state index in [4.69, 9.17) is 0 Å². The second-order valence-electron chi connectivity index (χ2n) is 10.00. The van der Waals surface area contributed by atoms with E-state index in [0.29, 0.717) is 25.2 Å². The molecule has 7 heteroatoms. The highest BCUT2D eigenvalue weighted by molar-refractivity contribution is 6.06. The summed E-state index contributed by atoms with van der Waals surface area (Å²) in [7, 11) is 1.97. The van der Waals surface area contributed by atoms with Gasteiger partial charge in [0.25, 0.3) is 17.4 Å². The van der Waals surface area contributed by atoms with Crippen molar-refractivity contribution < 1.29 is 9.59 Å². The molecular weight excluding hydrogens is 464 g/mol. The molecule has 2 aromatic heterocycles. The third-order valence-corrected chi connectivity index (χ3v) is 7.51. The number of carbonyl (C=O) groups is 2. The number of amides is 2. The molecule has 0 radical (unpaired) electrons. The topological polar surface area (TPSA) is 76.3 Å². The molecule has 6 rings (SSSR count). The van der Waals surface area contributed by atoms with Crippen molar-refractivity contribution in [1.29, 1.82) is 0 Å². The zero-order chi connectivity index (χ0) is 25.5. The molecule has 0 spiro atoms. The normalized spacial score (nSPS) is 18.9. The van der Waals surface area contributed by atoms with Crippen LogP contribution >= 0.6 is 0 Å². The number of nitrogens with one attached hydrogen (secondary N) is 1. The van der Waals surface area contributed by atoms with E-state index in [1.54, 1.807) is 42.5 Å². The van der Waals surface area contributed by atoms with Gasteiger partial charge in [-0.3, -0.25) is 14.4 Å². The molecule has 4 aromatic rings. The molecule has 1 N–H and O–H groups in total. The Balaban J connectivity index is 1.36. The highest BCUT2D eigenvalue weighted by Crippen LogP contribution is 2.35. The fourth-order valence-corrected chi connectivity index (χ4v) is 5.81. The van der Waals surface area contributed by atoms with Gasteiger partial charge in [-0.2, -0.15) is 0 Å². The quantitative estimate of drug-likeness (QED) is 0.441. The van der Waals surface area contributed by atoms with E-state index in [1.165, 1.54) is 0 Å². The largest absolute Gasteiger partial charge is 0.350 e. The number of piperidine rings is 1. The molecule has 186 valence electrons. The van der Waals surface area contributed by atoms with Crippen molar-refractivity contribution in [2.45, 2.75) is 18.9 Å². The smallest absolute Gasteiger partial charge is 0.270 e. The predicted molar refractivity (Wildman–Crippen MR) is 143 cm³/mol. The number of benzene rings is 2. The van der Waals surface area contributed by atoms with E-state index in [0.717, 1.165) is 28.6 Å². The third kappa shape index (κ3) is 4.27. The van der Waals surface area contributed by atoms with E-state index in [2.05, 4.69) is 5.32 Å². The summed E-state index contributed by atoms with van der Waals surface area (Å²) >= 11 is 0. The predicted octanol–water partition coefficient (Wildman–Crippen LogP) is 3.76. The maximum absolute atomic E-state index is 14.0. The molecule has 2 amide bonds. The molecule has 1 saturated heterocycles. The number of aryl methyl sites for hydroxylation is 1. The Labute approximate surface area is 214 Å². The monoisotopic (exact) mass is 492 g/mol. The fourth-order valence-electron chi connectivity index (χ4n) is 5.81. The Hall–Kier alpha value is -4.39. The van der Waals surface area contributed by atoms with Crippen LogP contribution in [0.3, 0.4) is 0 Å². The Morgan fingerprint density at radius 2 is 1.70 bits per heavy atom. The van der Waals surface area contributed by atoms with Crippen molar-refractivity contribution in [1.82, 2.24) is 19.4 Å². The fraction of sp³-hybridized carbons (Fsp3) is 0.233. The van der Waals surface area contributed by atoms with Crippen molar-refractivity contribution in [3.05, 3.63) is 112 Å². The van der Waals surface area contributed by atoms with Crippen LogP contribution in [-0.2, 0) is 18.4 Å². The Kier molecular flexibility index (Phi) is 5.75. The number of carbonyl (C=O) groups excluding carboxylic acids is 2. The molecule has 7 nitrogen and oxygen atoms in total. The van der Waals surface area contributed by atoms with Gasteiger partial charge in [0.15, 0.2) is 0 Å². The number of hydrogen-bond acceptors (Lipinski definition) is 3. The van der Waals surface area contributed by atoms with Gasteiger partial charge in [-0.25, -0.2) is 0 Å². The van der Waals surface area contributed by atoms with Crippen LogP contribution in [0.25, 0.3) is 17.0 Å². The molecule has 2 aliphatic rings. The number of likely N-dealkylation sites (tertiary alicyclic amines) is 1. The zero-order valence-corrected chi connectivity index (χ0v) is 20.6. The van der Waals surface area contributed by atoms with Crippen molar-refractivity contribution >= 4 is 28.8 Å². The van der Waals surface area contributed by atoms with Gasteiger partial charge in [0, 0.05) is 72.6 Å². The highest BCUT2D eigenvalue weighted by atomic mass is 16.2. The Morgan fingerprint density at radius 1 is 0.919 bits per heavy atom. The molecule has 0 aliphatic carbocycles. The number of pyridine rings is 1. The van der Waals surface area contributed by atoms with Crippen LogP contribution < -0.4 is 10.9 Å². The first-order valence-electron chi connectivity index (χ1n) is 12.6. The first-order chi connectivity index (χ1) is 18.0. The molecule has 2 aromatic carbocycles. The van der Waals surface area contributed by atoms with E-state index in [9.17, 15) is 14.4 Å². The number of rotatable bonds is 4. The van der Waals surface area contributed by atoms with Crippen molar-refractivity contribution in [2.75, 3.05) is 13.1 Å². The molecule has 1 unspecified atom stereocenters. The van der Waals surface area contributed by atoms with Crippen LogP contribution in [-0.4, -0.2) is 38.9 Å². The second-order valence-corrected chi connectivity index (χ2v) is 10.00. The van der Waals surface area contributed by atoms with Crippen LogP contribution in [0.5, 0.6) is 0 Å². The minimum absolute atomic E-state index is 0.0126. The van der Waals surface area contributed by atoms with Gasteiger partial charge in [0.1, 0.15) is 5.70 Å². The second kappa shape index (κ2) is 9.24. The van der Waals surface area contributed by atoms with Crippen molar-refractivity contribution in [3.63, 3.8) is 0 Å². The summed E-state index contributed by atoms with van der Waals surface area (Å²) in [4.78, 5) is 41.4. The van der Waals surface area contributed by atoms with Crippen LogP contribution in [0.2, 0.25) is 0 Å². The summed E-state index contributed by atoms with van der Waals surface area (Å²) in [5.74, 6) is -0.249. The molecular formula is C30H28N4O3. The minimum Gasteiger partial charge on any atom is -0.350 e. The van der Waals surface area contributed by atoms with Gasteiger partial charge in [-0.1, -0.05) is 42.5 Å². The Bertz CT molecular complexity index is 1600. The van der Waals surface area contributed by atoms with Gasteiger partial charge in [-0.15, -0.1) is 0 Å². The van der Waals surface area contributed by atoms with Crippen molar-refractivity contribution in [2.24, 2.45) is 13.0 Å². The van der Waals surface area contributed by atoms with E-state index >= 15 is 0 Å². The van der Waals surface area contributed by atoms with Gasteiger partial charge in [-0.05, 0) is 42.7 Å². The zero-order valence-electron chi connectivity index (χ0n) is 20.6. The molecule has 4 heterocycles. The lowest BCUT2D eigenvalue weighted by Crippen LogP contribution is -2.50.